The van der Waals surface area contributed by atoms with Crippen molar-refractivity contribution in [3.05, 3.63) is 35.4 Å². The predicted octanol–water partition coefficient (Wildman–Crippen LogP) is 1.91. The van der Waals surface area contributed by atoms with Crippen LogP contribution in [0.4, 0.5) is 4.79 Å². The Balaban J connectivity index is 2.54. The summed E-state index contributed by atoms with van der Waals surface area (Å²) < 4.78 is 9.66. The number of carbonyl (C=O) groups excluding carboxylic acids is 3. The summed E-state index contributed by atoms with van der Waals surface area (Å²) in [5, 5.41) is 2.62. The first-order chi connectivity index (χ1) is 10.4. The van der Waals surface area contributed by atoms with Crippen molar-refractivity contribution in [1.82, 2.24) is 5.32 Å². The Hall–Kier alpha value is -2.37. The number of nitrogens with one attached hydrogen (secondary N) is 1. The van der Waals surface area contributed by atoms with E-state index in [1.165, 1.54) is 14.0 Å². The number of alkyl carbamates (subject to hydrolysis) is 1. The van der Waals surface area contributed by atoms with Gasteiger partial charge in [0.15, 0.2) is 5.41 Å². The van der Waals surface area contributed by atoms with Crippen LogP contribution in [0.3, 0.4) is 0 Å². The van der Waals surface area contributed by atoms with Gasteiger partial charge in [0.1, 0.15) is 5.78 Å². The van der Waals surface area contributed by atoms with E-state index in [0.717, 1.165) is 5.56 Å². The molecule has 118 valence electrons. The fourth-order valence-corrected chi connectivity index (χ4v) is 2.84. The number of methoxy groups -OCH3 is 1. The van der Waals surface area contributed by atoms with Crippen molar-refractivity contribution in [2.45, 2.75) is 26.3 Å². The molecule has 1 aromatic rings. The molecule has 0 aliphatic carbocycles. The molecule has 1 aromatic carbocycles. The van der Waals surface area contributed by atoms with Crippen LogP contribution in [0.1, 0.15) is 30.5 Å². The molecular formula is C16H19NO5. The van der Waals surface area contributed by atoms with Gasteiger partial charge in [0.05, 0.1) is 19.8 Å². The van der Waals surface area contributed by atoms with Crippen LogP contribution in [0.25, 0.3) is 0 Å². The summed E-state index contributed by atoms with van der Waals surface area (Å²) in [6.07, 6.45) is -0.476. The molecule has 1 saturated heterocycles. The highest BCUT2D eigenvalue weighted by atomic mass is 16.5. The Morgan fingerprint density at radius 2 is 2.14 bits per heavy atom. The van der Waals surface area contributed by atoms with Gasteiger partial charge in [0.2, 0.25) is 0 Å². The summed E-state index contributed by atoms with van der Waals surface area (Å²) in [5.74, 6) is -0.944. The first kappa shape index (κ1) is 16.0. The van der Waals surface area contributed by atoms with Crippen molar-refractivity contribution >= 4 is 17.8 Å². The molecule has 1 N–H and O–H groups in total. The Bertz CT molecular complexity index is 612. The van der Waals surface area contributed by atoms with Gasteiger partial charge in [-0.2, -0.15) is 0 Å². The van der Waals surface area contributed by atoms with E-state index in [1.54, 1.807) is 6.07 Å². The quantitative estimate of drug-likeness (QED) is 0.679. The number of aryl methyl sites for hydroxylation is 1. The van der Waals surface area contributed by atoms with Gasteiger partial charge in [-0.25, -0.2) is 4.79 Å². The molecule has 1 heterocycles. The number of rotatable bonds is 4. The second-order valence-electron chi connectivity index (χ2n) is 5.40. The molecule has 1 amide bonds. The number of benzene rings is 1. The second kappa shape index (κ2) is 6.17. The molecule has 2 rings (SSSR count). The Morgan fingerprint density at radius 3 is 2.64 bits per heavy atom. The SMILES string of the molecule is COC(=O)N[C@@H](c1cccc(C)c1)C1(C(C)=O)CCOC1=O. The molecule has 22 heavy (non-hydrogen) atoms. The van der Waals surface area contributed by atoms with Gasteiger partial charge >= 0.3 is 12.1 Å². The lowest BCUT2D eigenvalue weighted by Gasteiger charge is -2.32. The van der Waals surface area contributed by atoms with Crippen molar-refractivity contribution < 1.29 is 23.9 Å². The highest BCUT2D eigenvalue weighted by Crippen LogP contribution is 2.43. The second-order valence-corrected chi connectivity index (χ2v) is 5.40. The van der Waals surface area contributed by atoms with Gasteiger partial charge in [-0.15, -0.1) is 0 Å². The third kappa shape index (κ3) is 2.68. The average Bonchev–Trinajstić information content (AvgIpc) is 2.87. The van der Waals surface area contributed by atoms with E-state index in [-0.39, 0.29) is 18.8 Å². The maximum absolute atomic E-state index is 12.3. The van der Waals surface area contributed by atoms with Crippen LogP contribution in [0.5, 0.6) is 0 Å². The zero-order valence-corrected chi connectivity index (χ0v) is 12.8. The predicted molar refractivity (Wildman–Crippen MR) is 78.2 cm³/mol. The Kier molecular flexibility index (Phi) is 4.49. The standard InChI is InChI=1S/C16H19NO5/c1-10-5-4-6-12(9-10)13(17-15(20)21-3)16(11(2)18)7-8-22-14(16)19/h4-6,9,13H,7-8H2,1-3H3,(H,17,20)/t13-,16?/m0/s1. The molecule has 0 saturated carbocycles. The fourth-order valence-electron chi connectivity index (χ4n) is 2.84. The number of hydrogen-bond acceptors (Lipinski definition) is 5. The summed E-state index contributed by atoms with van der Waals surface area (Å²) in [5.41, 5.74) is 0.209. The molecule has 0 aromatic heterocycles. The highest BCUT2D eigenvalue weighted by molar-refractivity contribution is 6.05. The summed E-state index contributed by atoms with van der Waals surface area (Å²) in [6.45, 7) is 3.39. The first-order valence-corrected chi connectivity index (χ1v) is 7.01. The van der Waals surface area contributed by atoms with Crippen LogP contribution in [-0.4, -0.2) is 31.6 Å². The monoisotopic (exact) mass is 305 g/mol. The minimum Gasteiger partial charge on any atom is -0.465 e. The summed E-state index contributed by atoms with van der Waals surface area (Å²) in [6, 6.07) is 6.48. The lowest BCUT2D eigenvalue weighted by molar-refractivity contribution is -0.152. The van der Waals surface area contributed by atoms with E-state index in [9.17, 15) is 14.4 Å². The van der Waals surface area contributed by atoms with Crippen LogP contribution in [0.15, 0.2) is 24.3 Å². The van der Waals surface area contributed by atoms with Crippen molar-refractivity contribution in [3.63, 3.8) is 0 Å². The van der Waals surface area contributed by atoms with E-state index < -0.39 is 23.5 Å². The van der Waals surface area contributed by atoms with Gasteiger partial charge in [-0.3, -0.25) is 9.59 Å². The van der Waals surface area contributed by atoms with Crippen LogP contribution in [0.2, 0.25) is 0 Å². The molecule has 0 radical (unpaired) electrons. The van der Waals surface area contributed by atoms with E-state index in [1.807, 2.05) is 25.1 Å². The molecule has 1 fully saturated rings. The van der Waals surface area contributed by atoms with E-state index in [2.05, 4.69) is 10.1 Å². The number of cyclic esters (lactones) is 1. The third-order valence-electron chi connectivity index (χ3n) is 4.04. The number of esters is 1. The number of hydrogen-bond donors (Lipinski definition) is 1. The zero-order valence-electron chi connectivity index (χ0n) is 12.8. The Labute approximate surface area is 128 Å². The highest BCUT2D eigenvalue weighted by Gasteiger charge is 2.55. The van der Waals surface area contributed by atoms with Crippen molar-refractivity contribution in [3.8, 4) is 0 Å². The lowest BCUT2D eigenvalue weighted by Crippen LogP contribution is -2.48. The molecular weight excluding hydrogens is 286 g/mol. The number of ketones is 1. The summed E-state index contributed by atoms with van der Waals surface area (Å²) >= 11 is 0. The van der Waals surface area contributed by atoms with E-state index in [0.29, 0.717) is 5.56 Å². The van der Waals surface area contributed by atoms with Crippen LogP contribution >= 0.6 is 0 Å². The minimum absolute atomic E-state index is 0.156. The molecule has 6 heteroatoms. The maximum atomic E-state index is 12.3. The van der Waals surface area contributed by atoms with Gasteiger partial charge in [0, 0.05) is 6.42 Å². The summed E-state index contributed by atoms with van der Waals surface area (Å²) in [7, 11) is 1.23. The topological polar surface area (TPSA) is 81.7 Å². The average molecular weight is 305 g/mol. The number of amides is 1. The zero-order chi connectivity index (χ0) is 16.3. The van der Waals surface area contributed by atoms with Crippen molar-refractivity contribution in [2.24, 2.45) is 5.41 Å². The number of carbonyl (C=O) groups is 3. The van der Waals surface area contributed by atoms with E-state index in [4.69, 9.17) is 4.74 Å². The molecule has 1 unspecified atom stereocenters. The van der Waals surface area contributed by atoms with Gasteiger partial charge in [0.25, 0.3) is 0 Å². The number of Topliss-reactive ketones (excluding diaryl/α,β-unsaturated/α-hetero) is 1. The normalized spacial score (nSPS) is 21.9. The summed E-state index contributed by atoms with van der Waals surface area (Å²) in [4.78, 5) is 36.2. The van der Waals surface area contributed by atoms with Crippen LogP contribution in [0, 0.1) is 12.3 Å². The number of ether oxygens (including phenoxy) is 2. The lowest BCUT2D eigenvalue weighted by atomic mass is 9.72. The molecule has 0 bridgehead atoms. The third-order valence-corrected chi connectivity index (χ3v) is 4.04. The molecule has 0 spiro atoms. The van der Waals surface area contributed by atoms with Crippen LogP contribution < -0.4 is 5.32 Å². The smallest absolute Gasteiger partial charge is 0.407 e. The minimum atomic E-state index is -1.41. The molecule has 2 atom stereocenters. The van der Waals surface area contributed by atoms with Crippen LogP contribution in [-0.2, 0) is 19.1 Å². The fraction of sp³-hybridized carbons (Fsp3) is 0.438. The molecule has 1 aliphatic heterocycles. The molecule has 6 nitrogen and oxygen atoms in total. The van der Waals surface area contributed by atoms with Crippen molar-refractivity contribution in [2.75, 3.05) is 13.7 Å². The van der Waals surface area contributed by atoms with Gasteiger partial charge < -0.3 is 14.8 Å². The first-order valence-electron chi connectivity index (χ1n) is 7.01. The molecule has 1 aliphatic rings. The van der Waals surface area contributed by atoms with Gasteiger partial charge in [-0.05, 0) is 19.4 Å². The largest absolute Gasteiger partial charge is 0.465 e. The maximum Gasteiger partial charge on any atom is 0.407 e. The van der Waals surface area contributed by atoms with Crippen molar-refractivity contribution in [1.29, 1.82) is 0 Å². The van der Waals surface area contributed by atoms with E-state index >= 15 is 0 Å². The Morgan fingerprint density at radius 1 is 1.41 bits per heavy atom. The van der Waals surface area contributed by atoms with Gasteiger partial charge in [-0.1, -0.05) is 29.8 Å².